The van der Waals surface area contributed by atoms with Crippen LogP contribution in [0.1, 0.15) is 17.2 Å². The zero-order valence-corrected chi connectivity index (χ0v) is 9.95. The van der Waals surface area contributed by atoms with E-state index in [0.29, 0.717) is 16.5 Å². The average molecular weight is 285 g/mol. The Hall–Kier alpha value is -1.13. The van der Waals surface area contributed by atoms with Crippen molar-refractivity contribution >= 4 is 15.9 Å². The smallest absolute Gasteiger partial charge is 0.123 e. The van der Waals surface area contributed by atoms with Gasteiger partial charge in [0, 0.05) is 10.9 Å². The predicted molar refractivity (Wildman–Crippen MR) is 61.5 cm³/mol. The molecular weight excluding hydrogens is 275 g/mol. The summed E-state index contributed by atoms with van der Waals surface area (Å²) < 4.78 is 18.6. The lowest BCUT2D eigenvalue weighted by molar-refractivity contribution is 0.177. The van der Waals surface area contributed by atoms with Crippen LogP contribution in [-0.4, -0.2) is 5.11 Å². The van der Waals surface area contributed by atoms with Gasteiger partial charge in [0.2, 0.25) is 0 Å². The first kappa shape index (κ1) is 11.4. The second-order valence-electron chi connectivity index (χ2n) is 3.52. The van der Waals surface area contributed by atoms with Gasteiger partial charge in [-0.05, 0) is 35.4 Å². The van der Waals surface area contributed by atoms with Crippen molar-refractivity contribution in [2.75, 3.05) is 0 Å². The Morgan fingerprint density at radius 1 is 1.38 bits per heavy atom. The van der Waals surface area contributed by atoms with Gasteiger partial charge in [-0.3, -0.25) is 0 Å². The van der Waals surface area contributed by atoms with Gasteiger partial charge in [0.1, 0.15) is 5.82 Å². The molecule has 0 amide bonds. The van der Waals surface area contributed by atoms with Crippen LogP contribution in [0.15, 0.2) is 45.7 Å². The third kappa shape index (κ3) is 2.51. The topological polar surface area (TPSA) is 33.4 Å². The minimum absolute atomic E-state index is 0.357. The molecule has 1 aromatic heterocycles. The largest absolute Gasteiger partial charge is 0.472 e. The standard InChI is InChI=1S/C12H10BrFO2/c13-11-2-1-9(14)6-10(11)12(15)5-8-3-4-16-7-8/h1-4,6-7,12,15H,5H2. The molecule has 4 heteroatoms. The van der Waals surface area contributed by atoms with E-state index < -0.39 is 6.10 Å². The van der Waals surface area contributed by atoms with Crippen molar-refractivity contribution in [3.63, 3.8) is 0 Å². The number of aliphatic hydroxyl groups is 1. The zero-order chi connectivity index (χ0) is 11.5. The molecule has 1 unspecified atom stereocenters. The molecule has 1 atom stereocenters. The number of benzene rings is 1. The molecule has 1 heterocycles. The number of hydrogen-bond donors (Lipinski definition) is 1. The molecule has 1 aromatic carbocycles. The van der Waals surface area contributed by atoms with Gasteiger partial charge >= 0.3 is 0 Å². The molecule has 0 fully saturated rings. The highest BCUT2D eigenvalue weighted by molar-refractivity contribution is 9.10. The van der Waals surface area contributed by atoms with Crippen molar-refractivity contribution in [2.45, 2.75) is 12.5 Å². The summed E-state index contributed by atoms with van der Waals surface area (Å²) in [6.07, 6.45) is 2.76. The van der Waals surface area contributed by atoms with Crippen molar-refractivity contribution in [2.24, 2.45) is 0 Å². The van der Waals surface area contributed by atoms with E-state index >= 15 is 0 Å². The normalized spacial score (nSPS) is 12.7. The second-order valence-corrected chi connectivity index (χ2v) is 4.37. The molecule has 0 saturated carbocycles. The summed E-state index contributed by atoms with van der Waals surface area (Å²) in [6, 6.07) is 6.03. The van der Waals surface area contributed by atoms with E-state index in [1.807, 2.05) is 0 Å². The molecule has 0 saturated heterocycles. The molecule has 2 aromatic rings. The van der Waals surface area contributed by atoms with Crippen LogP contribution in [0.4, 0.5) is 4.39 Å². The summed E-state index contributed by atoms with van der Waals surface area (Å²) in [5.41, 5.74) is 1.42. The highest BCUT2D eigenvalue weighted by atomic mass is 79.9. The van der Waals surface area contributed by atoms with Crippen LogP contribution < -0.4 is 0 Å². The summed E-state index contributed by atoms with van der Waals surface area (Å²) in [4.78, 5) is 0. The number of hydrogen-bond acceptors (Lipinski definition) is 2. The molecule has 1 N–H and O–H groups in total. The Morgan fingerprint density at radius 3 is 2.88 bits per heavy atom. The van der Waals surface area contributed by atoms with Gasteiger partial charge in [0.15, 0.2) is 0 Å². The van der Waals surface area contributed by atoms with Crippen LogP contribution in [0, 0.1) is 5.82 Å². The third-order valence-electron chi connectivity index (χ3n) is 2.33. The van der Waals surface area contributed by atoms with E-state index in [1.165, 1.54) is 12.1 Å². The van der Waals surface area contributed by atoms with Crippen LogP contribution in [0.2, 0.25) is 0 Å². The van der Waals surface area contributed by atoms with Crippen LogP contribution in [0.25, 0.3) is 0 Å². The summed E-state index contributed by atoms with van der Waals surface area (Å²) in [6.45, 7) is 0. The van der Waals surface area contributed by atoms with E-state index in [2.05, 4.69) is 15.9 Å². The van der Waals surface area contributed by atoms with E-state index in [-0.39, 0.29) is 5.82 Å². The SMILES string of the molecule is OC(Cc1ccoc1)c1cc(F)ccc1Br. The number of furan rings is 1. The molecular formula is C12H10BrFO2. The maximum absolute atomic E-state index is 13.0. The molecule has 2 rings (SSSR count). The monoisotopic (exact) mass is 284 g/mol. The summed E-state index contributed by atoms with van der Waals surface area (Å²) in [5.74, 6) is -0.357. The highest BCUT2D eigenvalue weighted by Crippen LogP contribution is 2.26. The lowest BCUT2D eigenvalue weighted by atomic mass is 10.0. The van der Waals surface area contributed by atoms with Crippen LogP contribution >= 0.6 is 15.9 Å². The molecule has 0 aliphatic heterocycles. The quantitative estimate of drug-likeness (QED) is 0.937. The van der Waals surface area contributed by atoms with Gasteiger partial charge in [-0.25, -0.2) is 4.39 Å². The highest BCUT2D eigenvalue weighted by Gasteiger charge is 2.13. The first-order valence-electron chi connectivity index (χ1n) is 4.81. The number of halogens is 2. The number of aliphatic hydroxyl groups excluding tert-OH is 1. The fourth-order valence-corrected chi connectivity index (χ4v) is 2.02. The fraction of sp³-hybridized carbons (Fsp3) is 0.167. The van der Waals surface area contributed by atoms with E-state index in [4.69, 9.17) is 4.42 Å². The Bertz CT molecular complexity index is 468. The molecule has 0 aliphatic carbocycles. The van der Waals surface area contributed by atoms with Gasteiger partial charge in [0.25, 0.3) is 0 Å². The van der Waals surface area contributed by atoms with Gasteiger partial charge in [-0.1, -0.05) is 15.9 Å². The summed E-state index contributed by atoms with van der Waals surface area (Å²) in [5, 5.41) is 9.96. The van der Waals surface area contributed by atoms with Crippen LogP contribution in [-0.2, 0) is 6.42 Å². The molecule has 2 nitrogen and oxygen atoms in total. The fourth-order valence-electron chi connectivity index (χ4n) is 1.51. The lowest BCUT2D eigenvalue weighted by Gasteiger charge is -2.11. The second kappa shape index (κ2) is 4.80. The minimum atomic E-state index is -0.748. The van der Waals surface area contributed by atoms with E-state index in [9.17, 15) is 9.50 Å². The Kier molecular flexibility index (Phi) is 3.41. The molecule has 84 valence electrons. The number of rotatable bonds is 3. The minimum Gasteiger partial charge on any atom is -0.472 e. The Morgan fingerprint density at radius 2 is 2.19 bits per heavy atom. The van der Waals surface area contributed by atoms with Gasteiger partial charge in [-0.15, -0.1) is 0 Å². The molecule has 0 spiro atoms. The first-order valence-corrected chi connectivity index (χ1v) is 5.60. The van der Waals surface area contributed by atoms with Crippen LogP contribution in [0.3, 0.4) is 0 Å². The summed E-state index contributed by atoms with van der Waals surface area (Å²) >= 11 is 3.29. The van der Waals surface area contributed by atoms with E-state index in [1.54, 1.807) is 24.7 Å². The maximum Gasteiger partial charge on any atom is 0.123 e. The molecule has 0 aliphatic rings. The van der Waals surface area contributed by atoms with E-state index in [0.717, 1.165) is 5.56 Å². The van der Waals surface area contributed by atoms with Crippen molar-refractivity contribution in [1.29, 1.82) is 0 Å². The van der Waals surface area contributed by atoms with Gasteiger partial charge in [0.05, 0.1) is 18.6 Å². The first-order chi connectivity index (χ1) is 7.66. The lowest BCUT2D eigenvalue weighted by Crippen LogP contribution is -2.02. The van der Waals surface area contributed by atoms with Crippen molar-refractivity contribution in [3.05, 3.63) is 58.2 Å². The van der Waals surface area contributed by atoms with Crippen molar-refractivity contribution in [3.8, 4) is 0 Å². The molecule has 0 bridgehead atoms. The van der Waals surface area contributed by atoms with Gasteiger partial charge < -0.3 is 9.52 Å². The predicted octanol–water partition coefficient (Wildman–Crippen LogP) is 3.46. The van der Waals surface area contributed by atoms with Crippen molar-refractivity contribution < 1.29 is 13.9 Å². The maximum atomic E-state index is 13.0. The third-order valence-corrected chi connectivity index (χ3v) is 3.05. The summed E-state index contributed by atoms with van der Waals surface area (Å²) in [7, 11) is 0. The van der Waals surface area contributed by atoms with Crippen LogP contribution in [0.5, 0.6) is 0 Å². The van der Waals surface area contributed by atoms with Gasteiger partial charge in [-0.2, -0.15) is 0 Å². The molecule has 0 radical (unpaired) electrons. The Balaban J connectivity index is 2.20. The van der Waals surface area contributed by atoms with Crippen molar-refractivity contribution in [1.82, 2.24) is 0 Å². The molecule has 16 heavy (non-hydrogen) atoms. The average Bonchev–Trinajstić information content (AvgIpc) is 2.74. The Labute approximate surface area is 101 Å². The zero-order valence-electron chi connectivity index (χ0n) is 8.36.